The van der Waals surface area contributed by atoms with Gasteiger partial charge in [-0.05, 0) is 37.5 Å². The molecule has 2 N–H and O–H groups in total. The van der Waals surface area contributed by atoms with Crippen molar-refractivity contribution in [1.29, 1.82) is 0 Å². The number of carbonyl (C=O) groups excluding carboxylic acids is 1. The van der Waals surface area contributed by atoms with Crippen molar-refractivity contribution in [3.8, 4) is 5.75 Å². The highest BCUT2D eigenvalue weighted by Gasteiger charge is 2.08. The van der Waals surface area contributed by atoms with E-state index in [0.717, 1.165) is 5.56 Å². The van der Waals surface area contributed by atoms with E-state index in [4.69, 9.17) is 9.84 Å². The summed E-state index contributed by atoms with van der Waals surface area (Å²) in [5, 5.41) is 11.4. The molecule has 1 aromatic rings. The van der Waals surface area contributed by atoms with Crippen LogP contribution in [0.25, 0.3) is 0 Å². The number of amides is 1. The number of hydrogen-bond donors (Lipinski definition) is 2. The molecule has 0 aliphatic carbocycles. The molecule has 0 atom stereocenters. The molecule has 0 saturated carbocycles. The standard InChI is InChI=1S/C15H21NO4/c1-3-14(17)16-12-9-8-11(6-5-7-15(18)19)10-13(12)20-4-2/h8-10H,3-7H2,1-2H3,(H,16,17)(H,18,19). The molecule has 5 heteroatoms. The summed E-state index contributed by atoms with van der Waals surface area (Å²) in [6.07, 6.45) is 1.82. The smallest absolute Gasteiger partial charge is 0.303 e. The van der Waals surface area contributed by atoms with Crippen molar-refractivity contribution in [3.05, 3.63) is 23.8 Å². The highest BCUT2D eigenvalue weighted by atomic mass is 16.5. The molecular formula is C15H21NO4. The van der Waals surface area contributed by atoms with Crippen LogP contribution in [0.15, 0.2) is 18.2 Å². The van der Waals surface area contributed by atoms with Gasteiger partial charge in [0.25, 0.3) is 0 Å². The summed E-state index contributed by atoms with van der Waals surface area (Å²) >= 11 is 0. The third kappa shape index (κ3) is 5.30. The van der Waals surface area contributed by atoms with E-state index in [0.29, 0.717) is 37.3 Å². The summed E-state index contributed by atoms with van der Waals surface area (Å²) < 4.78 is 5.52. The minimum absolute atomic E-state index is 0.0652. The Balaban J connectivity index is 2.77. The monoisotopic (exact) mass is 279 g/mol. The van der Waals surface area contributed by atoms with Gasteiger partial charge >= 0.3 is 5.97 Å². The summed E-state index contributed by atoms with van der Waals surface area (Å²) in [6, 6.07) is 5.54. The van der Waals surface area contributed by atoms with E-state index in [-0.39, 0.29) is 12.3 Å². The lowest BCUT2D eigenvalue weighted by Crippen LogP contribution is -2.11. The van der Waals surface area contributed by atoms with Gasteiger partial charge in [0.05, 0.1) is 12.3 Å². The number of carboxylic acid groups (broad SMARTS) is 1. The van der Waals surface area contributed by atoms with Crippen LogP contribution < -0.4 is 10.1 Å². The van der Waals surface area contributed by atoms with Crippen LogP contribution in [0, 0.1) is 0 Å². The highest BCUT2D eigenvalue weighted by molar-refractivity contribution is 5.92. The molecule has 0 radical (unpaired) electrons. The number of anilines is 1. The van der Waals surface area contributed by atoms with Gasteiger partial charge in [0, 0.05) is 12.8 Å². The zero-order valence-electron chi connectivity index (χ0n) is 11.9. The molecule has 1 aromatic carbocycles. The van der Waals surface area contributed by atoms with Crippen LogP contribution in [0.1, 0.15) is 38.7 Å². The van der Waals surface area contributed by atoms with E-state index in [1.54, 1.807) is 13.0 Å². The minimum Gasteiger partial charge on any atom is -0.492 e. The summed E-state index contributed by atoms with van der Waals surface area (Å²) in [5.74, 6) is -0.228. The number of carboxylic acids is 1. The van der Waals surface area contributed by atoms with Crippen LogP contribution in [0.3, 0.4) is 0 Å². The topological polar surface area (TPSA) is 75.6 Å². The van der Waals surface area contributed by atoms with Gasteiger partial charge in [-0.25, -0.2) is 0 Å². The first-order valence-corrected chi connectivity index (χ1v) is 6.84. The van der Waals surface area contributed by atoms with Crippen LogP contribution in [0.4, 0.5) is 5.69 Å². The van der Waals surface area contributed by atoms with Gasteiger partial charge in [0.15, 0.2) is 0 Å². The lowest BCUT2D eigenvalue weighted by Gasteiger charge is -2.13. The molecule has 0 aromatic heterocycles. The molecule has 0 aliphatic heterocycles. The maximum atomic E-state index is 11.4. The third-order valence-electron chi connectivity index (χ3n) is 2.80. The highest BCUT2D eigenvalue weighted by Crippen LogP contribution is 2.27. The number of nitrogens with one attached hydrogen (secondary N) is 1. The number of rotatable bonds is 8. The van der Waals surface area contributed by atoms with Crippen LogP contribution in [0.2, 0.25) is 0 Å². The predicted octanol–water partition coefficient (Wildman–Crippen LogP) is 2.84. The second kappa shape index (κ2) is 8.19. The lowest BCUT2D eigenvalue weighted by atomic mass is 10.1. The second-order valence-corrected chi connectivity index (χ2v) is 4.41. The van der Waals surface area contributed by atoms with Crippen molar-refractivity contribution >= 4 is 17.6 Å². The average molecular weight is 279 g/mol. The fourth-order valence-electron chi connectivity index (χ4n) is 1.78. The van der Waals surface area contributed by atoms with Crippen LogP contribution in [-0.2, 0) is 16.0 Å². The first kappa shape index (κ1) is 16.0. The zero-order valence-corrected chi connectivity index (χ0v) is 11.9. The maximum Gasteiger partial charge on any atom is 0.303 e. The van der Waals surface area contributed by atoms with E-state index in [2.05, 4.69) is 5.32 Å². The van der Waals surface area contributed by atoms with E-state index in [1.807, 2.05) is 19.1 Å². The largest absolute Gasteiger partial charge is 0.492 e. The quantitative estimate of drug-likeness (QED) is 0.767. The van der Waals surface area contributed by atoms with Crippen molar-refractivity contribution < 1.29 is 19.4 Å². The molecule has 0 fully saturated rings. The first-order chi connectivity index (χ1) is 9.56. The van der Waals surface area contributed by atoms with E-state index >= 15 is 0 Å². The van der Waals surface area contributed by atoms with Gasteiger partial charge in [-0.2, -0.15) is 0 Å². The molecule has 20 heavy (non-hydrogen) atoms. The summed E-state index contributed by atoms with van der Waals surface area (Å²) in [5.41, 5.74) is 1.66. The Morgan fingerprint density at radius 2 is 2.05 bits per heavy atom. The molecule has 0 saturated heterocycles. The summed E-state index contributed by atoms with van der Waals surface area (Å²) in [6.45, 7) is 4.17. The third-order valence-corrected chi connectivity index (χ3v) is 2.80. The molecule has 0 spiro atoms. The average Bonchev–Trinajstić information content (AvgIpc) is 2.41. The summed E-state index contributed by atoms with van der Waals surface area (Å²) in [4.78, 5) is 21.9. The maximum absolute atomic E-state index is 11.4. The number of ether oxygens (including phenoxy) is 1. The molecule has 1 rings (SSSR count). The summed E-state index contributed by atoms with van der Waals surface area (Å²) in [7, 11) is 0. The van der Waals surface area contributed by atoms with Gasteiger partial charge in [-0.3, -0.25) is 9.59 Å². The Hall–Kier alpha value is -2.04. The number of carbonyl (C=O) groups is 2. The Bertz CT molecular complexity index is 471. The molecule has 0 aliphatic rings. The Labute approximate surface area is 118 Å². The number of aliphatic carboxylic acids is 1. The van der Waals surface area contributed by atoms with Crippen LogP contribution >= 0.6 is 0 Å². The second-order valence-electron chi connectivity index (χ2n) is 4.41. The van der Waals surface area contributed by atoms with Gasteiger partial charge in [0.2, 0.25) is 5.91 Å². The molecule has 5 nitrogen and oxygen atoms in total. The van der Waals surface area contributed by atoms with Crippen molar-refractivity contribution in [1.82, 2.24) is 0 Å². The van der Waals surface area contributed by atoms with Gasteiger partial charge in [0.1, 0.15) is 5.75 Å². The van der Waals surface area contributed by atoms with E-state index in [1.165, 1.54) is 0 Å². The normalized spacial score (nSPS) is 10.1. The van der Waals surface area contributed by atoms with Crippen molar-refractivity contribution in [2.45, 2.75) is 39.5 Å². The lowest BCUT2D eigenvalue weighted by molar-refractivity contribution is -0.137. The van der Waals surface area contributed by atoms with Crippen molar-refractivity contribution in [2.75, 3.05) is 11.9 Å². The Morgan fingerprint density at radius 1 is 1.30 bits per heavy atom. The van der Waals surface area contributed by atoms with Crippen molar-refractivity contribution in [3.63, 3.8) is 0 Å². The number of benzene rings is 1. The Morgan fingerprint density at radius 3 is 2.65 bits per heavy atom. The van der Waals surface area contributed by atoms with Crippen LogP contribution in [0.5, 0.6) is 5.75 Å². The van der Waals surface area contributed by atoms with Crippen molar-refractivity contribution in [2.24, 2.45) is 0 Å². The number of aryl methyl sites for hydroxylation is 1. The molecule has 0 bridgehead atoms. The molecule has 110 valence electrons. The molecule has 0 heterocycles. The van der Waals surface area contributed by atoms with Gasteiger partial charge < -0.3 is 15.2 Å². The van der Waals surface area contributed by atoms with Crippen LogP contribution in [-0.4, -0.2) is 23.6 Å². The fourth-order valence-corrected chi connectivity index (χ4v) is 1.78. The van der Waals surface area contributed by atoms with Gasteiger partial charge in [-0.15, -0.1) is 0 Å². The van der Waals surface area contributed by atoms with Gasteiger partial charge in [-0.1, -0.05) is 13.0 Å². The molecule has 1 amide bonds. The molecule has 0 unspecified atom stereocenters. The molecular weight excluding hydrogens is 258 g/mol. The number of hydrogen-bond acceptors (Lipinski definition) is 3. The minimum atomic E-state index is -0.790. The predicted molar refractivity (Wildman–Crippen MR) is 77.1 cm³/mol. The van der Waals surface area contributed by atoms with E-state index < -0.39 is 5.97 Å². The first-order valence-electron chi connectivity index (χ1n) is 6.84. The fraction of sp³-hybridized carbons (Fsp3) is 0.467. The Kier molecular flexibility index (Phi) is 6.56. The van der Waals surface area contributed by atoms with E-state index in [9.17, 15) is 9.59 Å². The zero-order chi connectivity index (χ0) is 15.0. The SMILES string of the molecule is CCOc1cc(CCCC(=O)O)ccc1NC(=O)CC.